The van der Waals surface area contributed by atoms with Crippen LogP contribution in [0.4, 0.5) is 4.79 Å². The number of benzene rings is 2. The maximum Gasteiger partial charge on any atom is 0.407 e. The van der Waals surface area contributed by atoms with E-state index >= 15 is 0 Å². The molecule has 4 amide bonds. The Bertz CT molecular complexity index is 2250. The Labute approximate surface area is 332 Å². The Morgan fingerprint density at radius 2 is 1.79 bits per heavy atom. The first-order valence-electron chi connectivity index (χ1n) is 19.6. The summed E-state index contributed by atoms with van der Waals surface area (Å²) in [4.78, 5) is 62.7. The molecular weight excluding hydrogens is 751 g/mol. The predicted molar refractivity (Wildman–Crippen MR) is 210 cm³/mol. The molecule has 2 aromatic carbocycles. The van der Waals surface area contributed by atoms with Gasteiger partial charge in [-0.1, -0.05) is 63.6 Å². The fourth-order valence-electron chi connectivity index (χ4n) is 8.14. The van der Waals surface area contributed by atoms with Gasteiger partial charge in [-0.05, 0) is 61.8 Å². The van der Waals surface area contributed by atoms with Crippen molar-refractivity contribution in [2.24, 2.45) is 16.7 Å². The number of amides is 4. The van der Waals surface area contributed by atoms with Gasteiger partial charge in [0.25, 0.3) is 5.91 Å². The summed E-state index contributed by atoms with van der Waals surface area (Å²) in [6.07, 6.45) is 3.66. The van der Waals surface area contributed by atoms with E-state index in [1.165, 1.54) is 11.0 Å². The minimum atomic E-state index is -3.91. The molecule has 3 saturated carbocycles. The zero-order chi connectivity index (χ0) is 40.3. The van der Waals surface area contributed by atoms with Crippen LogP contribution in [0.3, 0.4) is 0 Å². The highest BCUT2D eigenvalue weighted by Crippen LogP contribution is 2.46. The highest BCUT2D eigenvalue weighted by Gasteiger charge is 2.62. The summed E-state index contributed by atoms with van der Waals surface area (Å²) in [7, 11) is -3.91. The molecule has 3 aliphatic carbocycles. The molecule has 1 aromatic heterocycles. The summed E-state index contributed by atoms with van der Waals surface area (Å²) in [5.41, 5.74) is -0.753. The van der Waals surface area contributed by atoms with Crippen LogP contribution in [0, 0.1) is 16.7 Å². The second-order valence-corrected chi connectivity index (χ2v) is 19.3. The molecule has 3 aromatic rings. The largest absolute Gasteiger partial charge is 0.493 e. The number of alkyl carbamates (subject to hydrolysis) is 1. The molecular formula is C42H49N5O9S. The average Bonchev–Trinajstić information content (AvgIpc) is 4.09. The first-order valence-corrected chi connectivity index (χ1v) is 21.2. The lowest BCUT2D eigenvalue weighted by molar-refractivity contribution is -0.143. The van der Waals surface area contributed by atoms with Crippen molar-refractivity contribution < 1.29 is 41.8 Å². The van der Waals surface area contributed by atoms with E-state index < -0.39 is 79.6 Å². The van der Waals surface area contributed by atoms with E-state index in [4.69, 9.17) is 19.2 Å². The summed E-state index contributed by atoms with van der Waals surface area (Å²) in [6.45, 7) is 9.60. The molecule has 1 saturated heterocycles. The monoisotopic (exact) mass is 799 g/mol. The van der Waals surface area contributed by atoms with E-state index in [2.05, 4.69) is 21.9 Å². The van der Waals surface area contributed by atoms with E-state index in [1.807, 2.05) is 75.4 Å². The van der Waals surface area contributed by atoms with Gasteiger partial charge in [-0.15, -0.1) is 6.58 Å². The van der Waals surface area contributed by atoms with Crippen LogP contribution in [0.15, 0.2) is 67.3 Å². The lowest BCUT2D eigenvalue weighted by Crippen LogP contribution is -2.60. The molecule has 0 radical (unpaired) electrons. The zero-order valence-electron chi connectivity index (χ0n) is 32.4. The van der Waals surface area contributed by atoms with Gasteiger partial charge in [-0.3, -0.25) is 19.1 Å². The average molecular weight is 800 g/mol. The molecule has 5 aliphatic rings. The normalized spacial score (nSPS) is 27.2. The summed E-state index contributed by atoms with van der Waals surface area (Å²) in [5.74, 6) is -1.51. The molecule has 57 heavy (non-hydrogen) atoms. The first kappa shape index (κ1) is 38.7. The Kier molecular flexibility index (Phi) is 9.73. The van der Waals surface area contributed by atoms with Crippen molar-refractivity contribution in [3.63, 3.8) is 0 Å². The second kappa shape index (κ2) is 14.3. The van der Waals surface area contributed by atoms with E-state index in [0.29, 0.717) is 36.6 Å². The number of carbonyl (C=O) groups excluding carboxylic acids is 4. The van der Waals surface area contributed by atoms with E-state index in [0.717, 1.165) is 35.7 Å². The highest BCUT2D eigenvalue weighted by molar-refractivity contribution is 7.91. The smallest absolute Gasteiger partial charge is 0.407 e. The molecule has 15 heteroatoms. The number of hydrogen-bond donors (Lipinski definition) is 3. The van der Waals surface area contributed by atoms with Gasteiger partial charge in [0.1, 0.15) is 47.5 Å². The number of hydrogen-bond acceptors (Lipinski definition) is 10. The zero-order valence-corrected chi connectivity index (χ0v) is 33.2. The maximum atomic E-state index is 14.8. The van der Waals surface area contributed by atoms with Crippen molar-refractivity contribution in [3.05, 3.63) is 67.3 Å². The molecule has 4 bridgehead atoms. The van der Waals surface area contributed by atoms with Crippen LogP contribution in [-0.2, 0) is 29.1 Å². The number of sulfonamides is 1. The van der Waals surface area contributed by atoms with Gasteiger partial charge < -0.3 is 29.7 Å². The lowest BCUT2D eigenvalue weighted by Gasteiger charge is -2.41. The van der Waals surface area contributed by atoms with Crippen LogP contribution in [0.1, 0.15) is 65.7 Å². The molecule has 3 N–H and O–H groups in total. The number of nitrogens with zero attached hydrogens (tertiary/aromatic N) is 2. The quantitative estimate of drug-likeness (QED) is 0.298. The molecule has 3 heterocycles. The molecule has 4 fully saturated rings. The summed E-state index contributed by atoms with van der Waals surface area (Å²) >= 11 is 0. The Hall–Kier alpha value is -5.18. The number of pyridine rings is 1. The number of aromatic nitrogens is 1. The van der Waals surface area contributed by atoms with Crippen molar-refractivity contribution in [2.75, 3.05) is 19.8 Å². The Balaban J connectivity index is 1.17. The molecule has 2 unspecified atom stereocenters. The Morgan fingerprint density at radius 3 is 2.47 bits per heavy atom. The molecule has 302 valence electrons. The van der Waals surface area contributed by atoms with Crippen LogP contribution >= 0.6 is 0 Å². The predicted octanol–water partition coefficient (Wildman–Crippen LogP) is 4.62. The van der Waals surface area contributed by atoms with Crippen molar-refractivity contribution in [1.29, 1.82) is 0 Å². The topological polar surface area (TPSA) is 182 Å². The number of ether oxygens (including phenoxy) is 3. The van der Waals surface area contributed by atoms with Crippen molar-refractivity contribution in [1.82, 2.24) is 25.2 Å². The fourth-order valence-corrected chi connectivity index (χ4v) is 9.50. The van der Waals surface area contributed by atoms with Gasteiger partial charge >= 0.3 is 6.09 Å². The van der Waals surface area contributed by atoms with Crippen molar-refractivity contribution in [3.8, 4) is 22.8 Å². The third-order valence-corrected chi connectivity index (χ3v) is 13.9. The van der Waals surface area contributed by atoms with Gasteiger partial charge in [0.2, 0.25) is 21.8 Å². The first-order chi connectivity index (χ1) is 27.1. The standard InChI is InChI=1S/C42H49N5O9S/c1-5-27-21-42(27,38(50)46-57(52,53)30-14-15-30)45-36(48)32-20-29-22-47(32)37(49)35(40(2,3)4)44-39(51)55-24-41(16-9-17-41)23-54-28-12-8-11-26(18-28)34-33(56-29)19-25-10-6-7-13-31(25)43-34/h5-8,10-13,18-19,27,29-30,32,35H,1,9,14-17,20-24H2,2-4H3,(H,44,51)(H,45,48)(H,46,50)/t27-,29?,32+,35-,42?/m1/s1. The van der Waals surface area contributed by atoms with Crippen LogP contribution in [0.5, 0.6) is 11.5 Å². The highest BCUT2D eigenvalue weighted by atomic mass is 32.2. The SMILES string of the molecule is C=C[C@@H]1CC1(NC(=O)[C@@H]1CC2CN1C(=O)[C@H](C(C)(C)C)NC(=O)OCC1(CCC1)COc1cccc(c1)-c1nc3ccccc3cc1O2)C(=O)NS(=O)(=O)C1CC1. The number of carbonyl (C=O) groups is 4. The number of cyclic esters (lactones) is 1. The molecule has 5 atom stereocenters. The maximum absolute atomic E-state index is 14.8. The third kappa shape index (κ3) is 7.65. The van der Waals surface area contributed by atoms with Crippen LogP contribution in [0.2, 0.25) is 0 Å². The lowest BCUT2D eigenvalue weighted by atomic mass is 9.70. The number of fused-ring (bicyclic) bond motifs is 7. The Morgan fingerprint density at radius 1 is 1.04 bits per heavy atom. The number of para-hydroxylation sites is 1. The molecule has 2 aliphatic heterocycles. The van der Waals surface area contributed by atoms with E-state index in [1.54, 1.807) is 0 Å². The van der Waals surface area contributed by atoms with Gasteiger partial charge in [-0.25, -0.2) is 18.2 Å². The van der Waals surface area contributed by atoms with Crippen molar-refractivity contribution >= 4 is 44.7 Å². The summed E-state index contributed by atoms with van der Waals surface area (Å²) < 4.78 is 46.6. The molecule has 8 rings (SSSR count). The fraction of sp³-hybridized carbons (Fsp3) is 0.500. The van der Waals surface area contributed by atoms with Gasteiger partial charge in [0, 0.05) is 28.7 Å². The van der Waals surface area contributed by atoms with Crippen LogP contribution in [-0.4, -0.2) is 90.9 Å². The minimum Gasteiger partial charge on any atom is -0.493 e. The van der Waals surface area contributed by atoms with E-state index in [9.17, 15) is 27.6 Å². The van der Waals surface area contributed by atoms with Gasteiger partial charge in [0.05, 0.1) is 23.9 Å². The molecule has 1 spiro atoms. The van der Waals surface area contributed by atoms with Crippen LogP contribution in [0.25, 0.3) is 22.2 Å². The summed E-state index contributed by atoms with van der Waals surface area (Å²) in [6, 6.07) is 14.8. The third-order valence-electron chi connectivity index (χ3n) is 12.0. The second-order valence-electron chi connectivity index (χ2n) is 17.4. The van der Waals surface area contributed by atoms with Crippen LogP contribution < -0.4 is 24.8 Å². The molecule has 14 nitrogen and oxygen atoms in total. The summed E-state index contributed by atoms with van der Waals surface area (Å²) in [5, 5.41) is 5.81. The van der Waals surface area contributed by atoms with Gasteiger partial charge in [0.15, 0.2) is 0 Å². The van der Waals surface area contributed by atoms with Crippen molar-refractivity contribution in [2.45, 2.75) is 94.7 Å². The number of rotatable bonds is 6. The van der Waals surface area contributed by atoms with Gasteiger partial charge in [-0.2, -0.15) is 0 Å². The minimum absolute atomic E-state index is 0.0215. The van der Waals surface area contributed by atoms with E-state index in [-0.39, 0.29) is 26.0 Å². The number of nitrogens with one attached hydrogen (secondary N) is 3.